The van der Waals surface area contributed by atoms with E-state index in [2.05, 4.69) is 10.4 Å². The maximum atomic E-state index is 11.9. The molecule has 0 aliphatic carbocycles. The Morgan fingerprint density at radius 2 is 2.00 bits per heavy atom. The summed E-state index contributed by atoms with van der Waals surface area (Å²) < 4.78 is 24.4. The number of sulfone groups is 1. The molecule has 1 heterocycles. The molecule has 0 saturated carbocycles. The zero-order valence-corrected chi connectivity index (χ0v) is 13.7. The fourth-order valence-corrected chi connectivity index (χ4v) is 2.34. The lowest BCUT2D eigenvalue weighted by molar-refractivity contribution is 0.405. The topological polar surface area (TPSA) is 84.3 Å². The maximum absolute atomic E-state index is 11.9. The minimum absolute atomic E-state index is 0. The summed E-state index contributed by atoms with van der Waals surface area (Å²) >= 11 is 0. The Hall–Kier alpha value is -1.12. The van der Waals surface area contributed by atoms with Gasteiger partial charge in [0.1, 0.15) is 10.6 Å². The molecule has 1 N–H and O–H groups in total. The van der Waals surface area contributed by atoms with Crippen molar-refractivity contribution < 1.29 is 8.42 Å². The SMILES string of the molecule is CN(C)CCCNc1c(S(C)(=O)=O)cnn(C)c1=O.Cl. The van der Waals surface area contributed by atoms with Crippen molar-refractivity contribution in [2.75, 3.05) is 38.8 Å². The first-order valence-corrected chi connectivity index (χ1v) is 7.77. The van der Waals surface area contributed by atoms with Crippen LogP contribution in [0.4, 0.5) is 5.69 Å². The molecule has 0 bridgehead atoms. The van der Waals surface area contributed by atoms with Crippen molar-refractivity contribution >= 4 is 27.9 Å². The Morgan fingerprint density at radius 3 is 2.50 bits per heavy atom. The Morgan fingerprint density at radius 1 is 1.40 bits per heavy atom. The number of rotatable bonds is 6. The molecule has 0 amide bonds. The predicted octanol–water partition coefficient (Wildman–Crippen LogP) is -0.0308. The monoisotopic (exact) mass is 324 g/mol. The Kier molecular flexibility index (Phi) is 7.18. The number of anilines is 1. The van der Waals surface area contributed by atoms with Crippen molar-refractivity contribution in [3.05, 3.63) is 16.6 Å². The molecule has 0 spiro atoms. The van der Waals surface area contributed by atoms with Crippen molar-refractivity contribution in [3.8, 4) is 0 Å². The summed E-state index contributed by atoms with van der Waals surface area (Å²) in [6, 6.07) is 0. The number of aryl methyl sites for hydroxylation is 1. The summed E-state index contributed by atoms with van der Waals surface area (Å²) in [6.45, 7) is 1.38. The Bertz CT molecular complexity index is 598. The Balaban J connectivity index is 0.00000361. The van der Waals surface area contributed by atoms with Crippen LogP contribution in [0.2, 0.25) is 0 Å². The van der Waals surface area contributed by atoms with Gasteiger partial charge in [0.2, 0.25) is 0 Å². The Labute approximate surface area is 125 Å². The number of hydrogen-bond acceptors (Lipinski definition) is 6. The van der Waals surface area contributed by atoms with Crippen molar-refractivity contribution in [2.24, 2.45) is 7.05 Å². The van der Waals surface area contributed by atoms with Gasteiger partial charge >= 0.3 is 0 Å². The van der Waals surface area contributed by atoms with Crippen molar-refractivity contribution in [3.63, 3.8) is 0 Å². The van der Waals surface area contributed by atoms with Gasteiger partial charge in [0.15, 0.2) is 9.84 Å². The highest BCUT2D eigenvalue weighted by Gasteiger charge is 2.17. The molecule has 0 saturated heterocycles. The van der Waals surface area contributed by atoms with Crippen LogP contribution in [0.5, 0.6) is 0 Å². The second-order valence-corrected chi connectivity index (χ2v) is 6.65. The largest absolute Gasteiger partial charge is 0.379 e. The van der Waals surface area contributed by atoms with Crippen LogP contribution in [0.1, 0.15) is 6.42 Å². The highest BCUT2D eigenvalue weighted by atomic mass is 35.5. The number of nitrogens with one attached hydrogen (secondary N) is 1. The maximum Gasteiger partial charge on any atom is 0.291 e. The molecule has 0 atom stereocenters. The molecular weight excluding hydrogens is 304 g/mol. The van der Waals surface area contributed by atoms with Gasteiger partial charge in [-0.3, -0.25) is 4.79 Å². The molecule has 0 radical (unpaired) electrons. The number of aromatic nitrogens is 2. The normalized spacial score (nSPS) is 11.2. The minimum atomic E-state index is -3.47. The average Bonchev–Trinajstić information content (AvgIpc) is 2.27. The quantitative estimate of drug-likeness (QED) is 0.740. The van der Waals surface area contributed by atoms with E-state index in [0.717, 1.165) is 23.9 Å². The molecule has 0 unspecified atom stereocenters. The molecule has 20 heavy (non-hydrogen) atoms. The van der Waals surface area contributed by atoms with Gasteiger partial charge < -0.3 is 10.2 Å². The zero-order chi connectivity index (χ0) is 14.6. The molecule has 0 aliphatic heterocycles. The van der Waals surface area contributed by atoms with E-state index >= 15 is 0 Å². The van der Waals surface area contributed by atoms with Crippen LogP contribution in [0.15, 0.2) is 15.9 Å². The number of halogens is 1. The third-order valence-corrected chi connectivity index (χ3v) is 3.69. The second-order valence-electron chi connectivity index (χ2n) is 4.67. The van der Waals surface area contributed by atoms with E-state index < -0.39 is 15.4 Å². The van der Waals surface area contributed by atoms with Gasteiger partial charge in [-0.15, -0.1) is 12.4 Å². The van der Waals surface area contributed by atoms with E-state index in [4.69, 9.17) is 0 Å². The smallest absolute Gasteiger partial charge is 0.291 e. The van der Waals surface area contributed by atoms with Crippen LogP contribution >= 0.6 is 12.4 Å². The zero-order valence-electron chi connectivity index (χ0n) is 12.1. The van der Waals surface area contributed by atoms with Crippen molar-refractivity contribution in [1.82, 2.24) is 14.7 Å². The van der Waals surface area contributed by atoms with Gasteiger partial charge in [0, 0.05) is 19.8 Å². The van der Waals surface area contributed by atoms with Crippen molar-refractivity contribution in [1.29, 1.82) is 0 Å². The number of hydrogen-bond donors (Lipinski definition) is 1. The first-order chi connectivity index (χ1) is 8.73. The van der Waals surface area contributed by atoms with E-state index in [0.29, 0.717) is 6.54 Å². The van der Waals surface area contributed by atoms with Crippen LogP contribution in [0.3, 0.4) is 0 Å². The summed E-state index contributed by atoms with van der Waals surface area (Å²) in [6.07, 6.45) is 3.07. The molecule has 0 fully saturated rings. The minimum Gasteiger partial charge on any atom is -0.379 e. The lowest BCUT2D eigenvalue weighted by atomic mass is 10.3. The highest BCUT2D eigenvalue weighted by Crippen LogP contribution is 2.15. The van der Waals surface area contributed by atoms with Crippen LogP contribution in [-0.4, -0.2) is 56.5 Å². The van der Waals surface area contributed by atoms with Gasteiger partial charge in [0.25, 0.3) is 5.56 Å². The van der Waals surface area contributed by atoms with E-state index in [9.17, 15) is 13.2 Å². The van der Waals surface area contributed by atoms with Crippen LogP contribution in [0.25, 0.3) is 0 Å². The van der Waals surface area contributed by atoms with Gasteiger partial charge in [-0.05, 0) is 27.1 Å². The van der Waals surface area contributed by atoms with E-state index in [1.54, 1.807) is 0 Å². The molecule has 0 aromatic carbocycles. The molecule has 1 aromatic rings. The lowest BCUT2D eigenvalue weighted by Gasteiger charge is -2.12. The summed E-state index contributed by atoms with van der Waals surface area (Å²) in [4.78, 5) is 13.9. The highest BCUT2D eigenvalue weighted by molar-refractivity contribution is 7.90. The third kappa shape index (κ3) is 5.10. The van der Waals surface area contributed by atoms with Crippen LogP contribution in [-0.2, 0) is 16.9 Å². The third-order valence-electron chi connectivity index (χ3n) is 2.59. The van der Waals surface area contributed by atoms with Gasteiger partial charge in [-0.25, -0.2) is 13.1 Å². The van der Waals surface area contributed by atoms with E-state index in [1.165, 1.54) is 13.2 Å². The van der Waals surface area contributed by atoms with Crippen LogP contribution in [0, 0.1) is 0 Å². The van der Waals surface area contributed by atoms with Gasteiger partial charge in [0.05, 0.1) is 6.20 Å². The fraction of sp³-hybridized carbons (Fsp3) is 0.636. The predicted molar refractivity (Wildman–Crippen MR) is 81.5 cm³/mol. The second kappa shape index (κ2) is 7.61. The molecule has 7 nitrogen and oxygen atoms in total. The summed E-state index contributed by atoms with van der Waals surface area (Å²) in [7, 11) is 1.91. The molecular formula is C11H21ClN4O3S. The fourth-order valence-electron chi connectivity index (χ4n) is 1.58. The lowest BCUT2D eigenvalue weighted by Crippen LogP contribution is -2.27. The average molecular weight is 325 g/mol. The van der Waals surface area contributed by atoms with Gasteiger partial charge in [-0.2, -0.15) is 5.10 Å². The van der Waals surface area contributed by atoms with Crippen LogP contribution < -0.4 is 10.9 Å². The molecule has 1 rings (SSSR count). The summed E-state index contributed by atoms with van der Waals surface area (Å²) in [5.74, 6) is 0. The first-order valence-electron chi connectivity index (χ1n) is 5.88. The molecule has 9 heteroatoms. The van der Waals surface area contributed by atoms with Gasteiger partial charge in [-0.1, -0.05) is 0 Å². The molecule has 1 aromatic heterocycles. The molecule has 0 aliphatic rings. The first kappa shape index (κ1) is 18.9. The summed E-state index contributed by atoms with van der Waals surface area (Å²) in [5.41, 5.74) is -0.341. The van der Waals surface area contributed by atoms with E-state index in [-0.39, 0.29) is 23.0 Å². The standard InChI is InChI=1S/C11H20N4O3S.ClH/c1-14(2)7-5-6-12-10-9(19(4,17)18)8-13-15(3)11(10)16;/h8,12H,5-7H2,1-4H3;1H. The van der Waals surface area contributed by atoms with E-state index in [1.807, 2.05) is 19.0 Å². The summed E-state index contributed by atoms with van der Waals surface area (Å²) in [5, 5.41) is 6.64. The van der Waals surface area contributed by atoms with Crippen molar-refractivity contribution in [2.45, 2.75) is 11.3 Å². The number of nitrogens with zero attached hydrogens (tertiary/aromatic N) is 3. The molecule has 116 valence electrons.